The largest absolute Gasteiger partial charge is 0.314 e. The van der Waals surface area contributed by atoms with Gasteiger partial charge in [0.15, 0.2) is 0 Å². The standard InChI is InChI=1S/C8H12N2S/c1-9-8(2-3-8)4-7-5-10-6-11-7/h5-6,9H,2-4H2,1H3. The van der Waals surface area contributed by atoms with Gasteiger partial charge in [0.2, 0.25) is 0 Å². The quantitative estimate of drug-likeness (QED) is 0.738. The lowest BCUT2D eigenvalue weighted by Crippen LogP contribution is -2.29. The number of nitrogens with zero attached hydrogens (tertiary/aromatic N) is 1. The molecule has 1 heterocycles. The van der Waals surface area contributed by atoms with Crippen molar-refractivity contribution >= 4 is 11.3 Å². The van der Waals surface area contributed by atoms with E-state index in [1.807, 2.05) is 18.8 Å². The highest BCUT2D eigenvalue weighted by Gasteiger charge is 2.40. The Morgan fingerprint density at radius 1 is 1.73 bits per heavy atom. The Morgan fingerprint density at radius 3 is 3.00 bits per heavy atom. The molecule has 1 aromatic heterocycles. The van der Waals surface area contributed by atoms with E-state index in [9.17, 15) is 0 Å². The molecule has 11 heavy (non-hydrogen) atoms. The normalized spacial score (nSPS) is 20.1. The van der Waals surface area contributed by atoms with Crippen LogP contribution in [0.25, 0.3) is 0 Å². The SMILES string of the molecule is CNC1(Cc2cncs2)CC1. The first kappa shape index (κ1) is 7.25. The zero-order valence-electron chi connectivity index (χ0n) is 6.63. The molecule has 1 fully saturated rings. The van der Waals surface area contributed by atoms with E-state index in [1.165, 1.54) is 17.7 Å². The smallest absolute Gasteiger partial charge is 0.0794 e. The predicted octanol–water partition coefficient (Wildman–Crippen LogP) is 1.44. The third-order valence-electron chi connectivity index (χ3n) is 2.38. The lowest BCUT2D eigenvalue weighted by atomic mass is 10.2. The van der Waals surface area contributed by atoms with Gasteiger partial charge in [-0.25, -0.2) is 0 Å². The van der Waals surface area contributed by atoms with E-state index in [-0.39, 0.29) is 0 Å². The van der Waals surface area contributed by atoms with Gasteiger partial charge >= 0.3 is 0 Å². The van der Waals surface area contributed by atoms with Gasteiger partial charge in [0.05, 0.1) is 5.51 Å². The monoisotopic (exact) mass is 168 g/mol. The number of hydrogen-bond acceptors (Lipinski definition) is 3. The van der Waals surface area contributed by atoms with Crippen LogP contribution >= 0.6 is 11.3 Å². The van der Waals surface area contributed by atoms with E-state index in [1.54, 1.807) is 11.3 Å². The summed E-state index contributed by atoms with van der Waals surface area (Å²) in [5.41, 5.74) is 2.34. The van der Waals surface area contributed by atoms with E-state index < -0.39 is 0 Å². The molecule has 0 aliphatic heterocycles. The molecule has 0 bridgehead atoms. The molecule has 0 spiro atoms. The van der Waals surface area contributed by atoms with Gasteiger partial charge in [0, 0.05) is 23.0 Å². The Hall–Kier alpha value is -0.410. The molecule has 2 rings (SSSR count). The van der Waals surface area contributed by atoms with E-state index in [2.05, 4.69) is 10.3 Å². The zero-order valence-corrected chi connectivity index (χ0v) is 7.45. The third kappa shape index (κ3) is 1.44. The van der Waals surface area contributed by atoms with E-state index in [0.29, 0.717) is 5.54 Å². The summed E-state index contributed by atoms with van der Waals surface area (Å²) in [6.45, 7) is 0. The van der Waals surface area contributed by atoms with Gasteiger partial charge in [-0.15, -0.1) is 11.3 Å². The van der Waals surface area contributed by atoms with Gasteiger partial charge in [-0.3, -0.25) is 4.98 Å². The summed E-state index contributed by atoms with van der Waals surface area (Å²) in [6, 6.07) is 0. The minimum Gasteiger partial charge on any atom is -0.314 e. The molecule has 3 heteroatoms. The summed E-state index contributed by atoms with van der Waals surface area (Å²) in [5.74, 6) is 0. The van der Waals surface area contributed by atoms with Crippen LogP contribution in [0.5, 0.6) is 0 Å². The molecule has 2 nitrogen and oxygen atoms in total. The van der Waals surface area contributed by atoms with Gasteiger partial charge in [-0.1, -0.05) is 0 Å². The molecule has 1 aromatic rings. The highest BCUT2D eigenvalue weighted by Crippen LogP contribution is 2.38. The lowest BCUT2D eigenvalue weighted by Gasteiger charge is -2.11. The van der Waals surface area contributed by atoms with Crippen LogP contribution in [-0.4, -0.2) is 17.6 Å². The van der Waals surface area contributed by atoms with Crippen molar-refractivity contribution in [2.75, 3.05) is 7.05 Å². The minimum atomic E-state index is 0.437. The maximum absolute atomic E-state index is 4.06. The fourth-order valence-electron chi connectivity index (χ4n) is 1.33. The number of aromatic nitrogens is 1. The van der Waals surface area contributed by atoms with Crippen LogP contribution in [0.2, 0.25) is 0 Å². The van der Waals surface area contributed by atoms with E-state index >= 15 is 0 Å². The molecular weight excluding hydrogens is 156 g/mol. The predicted molar refractivity (Wildman–Crippen MR) is 46.8 cm³/mol. The summed E-state index contributed by atoms with van der Waals surface area (Å²) in [5, 5.41) is 3.37. The highest BCUT2D eigenvalue weighted by molar-refractivity contribution is 7.09. The number of hydrogen-bond donors (Lipinski definition) is 1. The summed E-state index contributed by atoms with van der Waals surface area (Å²) in [6.07, 6.45) is 5.78. The average Bonchev–Trinajstić information content (AvgIpc) is 2.59. The van der Waals surface area contributed by atoms with Crippen LogP contribution in [0.15, 0.2) is 11.7 Å². The van der Waals surface area contributed by atoms with Crippen LogP contribution in [0.4, 0.5) is 0 Å². The van der Waals surface area contributed by atoms with Gasteiger partial charge in [-0.05, 0) is 19.9 Å². The van der Waals surface area contributed by atoms with Crippen LogP contribution < -0.4 is 5.32 Å². The third-order valence-corrected chi connectivity index (χ3v) is 3.16. The molecular formula is C8H12N2S. The maximum atomic E-state index is 4.06. The van der Waals surface area contributed by atoms with Gasteiger partial charge in [0.1, 0.15) is 0 Å². The summed E-state index contributed by atoms with van der Waals surface area (Å²) in [4.78, 5) is 5.46. The first-order chi connectivity index (χ1) is 5.35. The van der Waals surface area contributed by atoms with Crippen LogP contribution in [0.1, 0.15) is 17.7 Å². The molecule has 1 aliphatic rings. The first-order valence-electron chi connectivity index (χ1n) is 3.91. The number of likely N-dealkylation sites (N-methyl/N-ethyl adjacent to an activating group) is 1. The highest BCUT2D eigenvalue weighted by atomic mass is 32.1. The molecule has 0 atom stereocenters. The molecule has 0 aromatic carbocycles. The molecule has 1 N–H and O–H groups in total. The summed E-state index contributed by atoms with van der Waals surface area (Å²) >= 11 is 1.75. The maximum Gasteiger partial charge on any atom is 0.0794 e. The Morgan fingerprint density at radius 2 is 2.55 bits per heavy atom. The zero-order chi connectivity index (χ0) is 7.73. The van der Waals surface area contributed by atoms with Crippen LogP contribution in [-0.2, 0) is 6.42 Å². The Bertz CT molecular complexity index is 226. The summed E-state index contributed by atoms with van der Waals surface area (Å²) < 4.78 is 0. The topological polar surface area (TPSA) is 24.9 Å². The van der Waals surface area contributed by atoms with Crippen molar-refractivity contribution in [1.29, 1.82) is 0 Å². The fraction of sp³-hybridized carbons (Fsp3) is 0.625. The lowest BCUT2D eigenvalue weighted by molar-refractivity contribution is 0.552. The average molecular weight is 168 g/mol. The molecule has 1 saturated carbocycles. The summed E-state index contributed by atoms with van der Waals surface area (Å²) in [7, 11) is 2.05. The van der Waals surface area contributed by atoms with Crippen molar-refractivity contribution in [2.24, 2.45) is 0 Å². The Labute approximate surface area is 70.7 Å². The van der Waals surface area contributed by atoms with Crippen LogP contribution in [0.3, 0.4) is 0 Å². The van der Waals surface area contributed by atoms with Crippen molar-refractivity contribution in [3.8, 4) is 0 Å². The minimum absolute atomic E-state index is 0.437. The second-order valence-corrected chi connectivity index (χ2v) is 4.15. The second-order valence-electron chi connectivity index (χ2n) is 3.17. The molecule has 0 amide bonds. The van der Waals surface area contributed by atoms with Crippen molar-refractivity contribution in [3.63, 3.8) is 0 Å². The van der Waals surface area contributed by atoms with Crippen molar-refractivity contribution in [1.82, 2.24) is 10.3 Å². The molecule has 0 unspecified atom stereocenters. The van der Waals surface area contributed by atoms with Crippen molar-refractivity contribution < 1.29 is 0 Å². The van der Waals surface area contributed by atoms with Crippen molar-refractivity contribution in [2.45, 2.75) is 24.8 Å². The Kier molecular flexibility index (Phi) is 1.69. The van der Waals surface area contributed by atoms with E-state index in [4.69, 9.17) is 0 Å². The van der Waals surface area contributed by atoms with Gasteiger partial charge < -0.3 is 5.32 Å². The molecule has 0 radical (unpaired) electrons. The van der Waals surface area contributed by atoms with E-state index in [0.717, 1.165) is 6.42 Å². The number of thiazole rings is 1. The van der Waals surface area contributed by atoms with Gasteiger partial charge in [-0.2, -0.15) is 0 Å². The first-order valence-corrected chi connectivity index (χ1v) is 4.79. The number of nitrogens with one attached hydrogen (secondary N) is 1. The van der Waals surface area contributed by atoms with Gasteiger partial charge in [0.25, 0.3) is 0 Å². The molecule has 1 aliphatic carbocycles. The number of rotatable bonds is 3. The Balaban J connectivity index is 2.01. The van der Waals surface area contributed by atoms with Crippen molar-refractivity contribution in [3.05, 3.63) is 16.6 Å². The molecule has 0 saturated heterocycles. The fourth-order valence-corrected chi connectivity index (χ4v) is 2.07. The van der Waals surface area contributed by atoms with Crippen LogP contribution in [0, 0.1) is 0 Å². The molecule has 60 valence electrons. The second kappa shape index (κ2) is 2.57.